The smallest absolute Gasteiger partial charge is 0.257 e. The lowest BCUT2D eigenvalue weighted by atomic mass is 10.2. The minimum Gasteiger partial charge on any atom is -0.355 e. The van der Waals surface area contributed by atoms with Crippen LogP contribution in [0, 0.1) is 41.8 Å². The molecule has 0 saturated heterocycles. The number of nitrogens with one attached hydrogen (secondary N) is 1. The van der Waals surface area contributed by atoms with E-state index in [-0.39, 0.29) is 22.8 Å². The van der Waals surface area contributed by atoms with Crippen LogP contribution in [0.5, 0.6) is 0 Å². The van der Waals surface area contributed by atoms with Gasteiger partial charge in [0.1, 0.15) is 0 Å². The van der Waals surface area contributed by atoms with E-state index in [0.29, 0.717) is 24.3 Å². The number of nitrogens with zero attached hydrogens (tertiary/aromatic N) is 1. The molecule has 0 spiro atoms. The predicted molar refractivity (Wildman–Crippen MR) is 86.2 cm³/mol. The van der Waals surface area contributed by atoms with Gasteiger partial charge in [0.15, 0.2) is 34.9 Å². The van der Waals surface area contributed by atoms with Gasteiger partial charge in [-0.3, -0.25) is 9.36 Å². The van der Waals surface area contributed by atoms with E-state index in [2.05, 4.69) is 5.32 Å². The molecule has 9 heteroatoms. The first kappa shape index (κ1) is 18.6. The molecule has 3 nitrogen and oxygen atoms in total. The second kappa shape index (κ2) is 6.82. The Morgan fingerprint density at radius 3 is 1.63 bits per heavy atom. The number of pyridine rings is 1. The standard InChI is InChI=1S/C18H10F6N2O/c1-8-2-9(25-10-3-12(19)17(23)13(20)4-10)5-16(27)26(8)11-6-14(21)18(24)15(22)7-11/h2-7,25H,1H3. The molecule has 0 aliphatic rings. The van der Waals surface area contributed by atoms with Gasteiger partial charge in [-0.15, -0.1) is 0 Å². The Kier molecular flexibility index (Phi) is 4.69. The first-order valence-corrected chi connectivity index (χ1v) is 7.47. The van der Waals surface area contributed by atoms with Crippen molar-refractivity contribution in [3.8, 4) is 5.69 Å². The lowest BCUT2D eigenvalue weighted by Gasteiger charge is -2.14. The summed E-state index contributed by atoms with van der Waals surface area (Å²) in [6.07, 6.45) is 0. The van der Waals surface area contributed by atoms with E-state index in [1.54, 1.807) is 0 Å². The number of benzene rings is 2. The molecule has 27 heavy (non-hydrogen) atoms. The topological polar surface area (TPSA) is 34.0 Å². The van der Waals surface area contributed by atoms with Gasteiger partial charge in [-0.2, -0.15) is 0 Å². The summed E-state index contributed by atoms with van der Waals surface area (Å²) in [5.74, 6) is -9.05. The van der Waals surface area contributed by atoms with Crippen molar-refractivity contribution in [2.45, 2.75) is 6.92 Å². The summed E-state index contributed by atoms with van der Waals surface area (Å²) in [6, 6.07) is 5.05. The molecular weight excluding hydrogens is 374 g/mol. The highest BCUT2D eigenvalue weighted by Crippen LogP contribution is 2.23. The number of halogens is 6. The molecule has 1 heterocycles. The summed E-state index contributed by atoms with van der Waals surface area (Å²) >= 11 is 0. The van der Waals surface area contributed by atoms with E-state index in [4.69, 9.17) is 0 Å². The maximum atomic E-state index is 13.4. The second-order valence-corrected chi connectivity index (χ2v) is 5.66. The third-order valence-electron chi connectivity index (χ3n) is 3.72. The second-order valence-electron chi connectivity index (χ2n) is 5.66. The largest absolute Gasteiger partial charge is 0.355 e. The summed E-state index contributed by atoms with van der Waals surface area (Å²) in [7, 11) is 0. The normalized spacial score (nSPS) is 10.9. The molecule has 0 bridgehead atoms. The van der Waals surface area contributed by atoms with Crippen LogP contribution in [-0.2, 0) is 0 Å². The van der Waals surface area contributed by atoms with Crippen molar-refractivity contribution >= 4 is 11.4 Å². The van der Waals surface area contributed by atoms with Crippen LogP contribution in [0.1, 0.15) is 5.69 Å². The Bertz CT molecular complexity index is 1060. The molecule has 3 aromatic rings. The molecule has 3 rings (SSSR count). The van der Waals surface area contributed by atoms with Crippen LogP contribution in [0.15, 0.2) is 41.2 Å². The van der Waals surface area contributed by atoms with Crippen LogP contribution in [0.2, 0.25) is 0 Å². The average molecular weight is 384 g/mol. The molecule has 0 saturated carbocycles. The van der Waals surface area contributed by atoms with Gasteiger partial charge in [-0.1, -0.05) is 0 Å². The molecule has 0 unspecified atom stereocenters. The Morgan fingerprint density at radius 1 is 0.704 bits per heavy atom. The quantitative estimate of drug-likeness (QED) is 0.524. The highest BCUT2D eigenvalue weighted by Gasteiger charge is 2.15. The summed E-state index contributed by atoms with van der Waals surface area (Å²) < 4.78 is 80.4. The van der Waals surface area contributed by atoms with Gasteiger partial charge >= 0.3 is 0 Å². The first-order valence-electron chi connectivity index (χ1n) is 7.47. The molecule has 2 aromatic carbocycles. The van der Waals surface area contributed by atoms with Crippen molar-refractivity contribution in [1.82, 2.24) is 4.57 Å². The van der Waals surface area contributed by atoms with Crippen molar-refractivity contribution in [3.05, 3.63) is 87.3 Å². The Labute approximate surface area is 148 Å². The number of rotatable bonds is 3. The molecule has 0 aliphatic carbocycles. The average Bonchev–Trinajstić information content (AvgIpc) is 2.56. The monoisotopic (exact) mass is 384 g/mol. The summed E-state index contributed by atoms with van der Waals surface area (Å²) in [5.41, 5.74) is -0.840. The lowest BCUT2D eigenvalue weighted by Crippen LogP contribution is -2.20. The van der Waals surface area contributed by atoms with Gasteiger partial charge < -0.3 is 5.32 Å². The van der Waals surface area contributed by atoms with Gasteiger partial charge in [0.2, 0.25) is 0 Å². The summed E-state index contributed by atoms with van der Waals surface area (Å²) in [5, 5.41) is 2.54. The van der Waals surface area contributed by atoms with Gasteiger partial charge in [-0.25, -0.2) is 26.3 Å². The Morgan fingerprint density at radius 2 is 1.15 bits per heavy atom. The molecular formula is C18H10F6N2O. The van der Waals surface area contributed by atoms with Gasteiger partial charge in [0.05, 0.1) is 5.69 Å². The van der Waals surface area contributed by atoms with Crippen molar-refractivity contribution in [2.24, 2.45) is 0 Å². The first-order chi connectivity index (χ1) is 12.7. The number of hydrogen-bond acceptors (Lipinski definition) is 2. The van der Waals surface area contributed by atoms with Crippen molar-refractivity contribution < 1.29 is 26.3 Å². The maximum absolute atomic E-state index is 13.4. The third-order valence-corrected chi connectivity index (χ3v) is 3.72. The van der Waals surface area contributed by atoms with E-state index in [0.717, 1.165) is 10.6 Å². The van der Waals surface area contributed by atoms with E-state index in [9.17, 15) is 31.1 Å². The minimum absolute atomic E-state index is 0.0993. The summed E-state index contributed by atoms with van der Waals surface area (Å²) in [6.45, 7) is 1.43. The highest BCUT2D eigenvalue weighted by molar-refractivity contribution is 5.60. The number of hydrogen-bond donors (Lipinski definition) is 1. The molecule has 0 fully saturated rings. The van der Waals surface area contributed by atoms with Crippen LogP contribution < -0.4 is 10.9 Å². The van der Waals surface area contributed by atoms with Crippen LogP contribution in [0.4, 0.5) is 37.7 Å². The SMILES string of the molecule is Cc1cc(Nc2cc(F)c(F)c(F)c2)cc(=O)n1-c1cc(F)c(F)c(F)c1. The number of aryl methyl sites for hydroxylation is 1. The highest BCUT2D eigenvalue weighted by atomic mass is 19.2. The van der Waals surface area contributed by atoms with E-state index >= 15 is 0 Å². The predicted octanol–water partition coefficient (Wildman–Crippen LogP) is 4.72. The summed E-state index contributed by atoms with van der Waals surface area (Å²) in [4.78, 5) is 12.3. The van der Waals surface area contributed by atoms with E-state index in [1.807, 2.05) is 0 Å². The van der Waals surface area contributed by atoms with Gasteiger partial charge in [0, 0.05) is 47.4 Å². The van der Waals surface area contributed by atoms with Crippen LogP contribution in [0.3, 0.4) is 0 Å². The number of aromatic nitrogens is 1. The van der Waals surface area contributed by atoms with Gasteiger partial charge in [-0.05, 0) is 13.0 Å². The Balaban J connectivity index is 2.02. The molecule has 1 aromatic heterocycles. The zero-order chi connectivity index (χ0) is 19.9. The molecule has 140 valence electrons. The van der Waals surface area contributed by atoms with Crippen molar-refractivity contribution in [2.75, 3.05) is 5.32 Å². The lowest BCUT2D eigenvalue weighted by molar-refractivity contribution is 0.446. The fourth-order valence-corrected chi connectivity index (χ4v) is 2.57. The molecule has 1 N–H and O–H groups in total. The zero-order valence-corrected chi connectivity index (χ0v) is 13.6. The molecule has 0 radical (unpaired) electrons. The maximum Gasteiger partial charge on any atom is 0.257 e. The van der Waals surface area contributed by atoms with Gasteiger partial charge in [0.25, 0.3) is 5.56 Å². The van der Waals surface area contributed by atoms with Crippen LogP contribution in [0.25, 0.3) is 5.69 Å². The van der Waals surface area contributed by atoms with E-state index < -0.39 is 40.5 Å². The van der Waals surface area contributed by atoms with E-state index in [1.165, 1.54) is 13.0 Å². The molecule has 0 amide bonds. The number of anilines is 2. The zero-order valence-electron chi connectivity index (χ0n) is 13.6. The molecule has 0 aliphatic heterocycles. The Hall–Kier alpha value is -3.23. The van der Waals surface area contributed by atoms with Crippen LogP contribution in [-0.4, -0.2) is 4.57 Å². The molecule has 0 atom stereocenters. The minimum atomic E-state index is -1.66. The van der Waals surface area contributed by atoms with Crippen molar-refractivity contribution in [1.29, 1.82) is 0 Å². The third kappa shape index (κ3) is 3.53. The fourth-order valence-electron chi connectivity index (χ4n) is 2.57. The fraction of sp³-hybridized carbons (Fsp3) is 0.0556. The van der Waals surface area contributed by atoms with Crippen LogP contribution >= 0.6 is 0 Å². The van der Waals surface area contributed by atoms with Crippen molar-refractivity contribution in [3.63, 3.8) is 0 Å².